The standard InChI is InChI=1S/C23H24F4N4/c1-3-6-20-14-21(28-15-16-9-11-18(24)12-10-16)30-22(31(20)2)29-19-8-5-4-7-17(13-19)23(25,26)27/h4,7-14H,3,5-6,15H2,1-2H3,(H,28,29,30)/p+1. The summed E-state index contributed by atoms with van der Waals surface area (Å²) in [6.07, 6.45) is 2.98. The Morgan fingerprint density at radius 3 is 2.58 bits per heavy atom. The topological polar surface area (TPSA) is 40.8 Å². The molecular weight excluding hydrogens is 408 g/mol. The summed E-state index contributed by atoms with van der Waals surface area (Å²) in [7, 11) is 1.83. The smallest absolute Gasteiger partial charge is 0.352 e. The van der Waals surface area contributed by atoms with E-state index in [2.05, 4.69) is 22.5 Å². The second-order valence-electron chi connectivity index (χ2n) is 7.27. The quantitative estimate of drug-likeness (QED) is 0.457. The number of benzene rings is 1. The van der Waals surface area contributed by atoms with Crippen molar-refractivity contribution in [2.75, 3.05) is 10.6 Å². The van der Waals surface area contributed by atoms with Gasteiger partial charge in [-0.05, 0) is 42.7 Å². The van der Waals surface area contributed by atoms with E-state index in [9.17, 15) is 17.6 Å². The SMILES string of the molecule is CCCc1cc(NCc2ccc(F)cc2)nc(NC2=CCC=CC(C(F)(F)F)=C2)[n+]1C. The van der Waals surface area contributed by atoms with Crippen LogP contribution in [0.5, 0.6) is 0 Å². The Morgan fingerprint density at radius 1 is 1.16 bits per heavy atom. The molecule has 0 aliphatic heterocycles. The zero-order chi connectivity index (χ0) is 22.4. The minimum absolute atomic E-state index is 0.303. The molecule has 164 valence electrons. The van der Waals surface area contributed by atoms with Crippen LogP contribution >= 0.6 is 0 Å². The molecule has 0 spiro atoms. The average molecular weight is 433 g/mol. The molecule has 0 saturated heterocycles. The van der Waals surface area contributed by atoms with Crippen molar-refractivity contribution >= 4 is 11.8 Å². The summed E-state index contributed by atoms with van der Waals surface area (Å²) in [5.74, 6) is 0.710. The molecule has 2 N–H and O–H groups in total. The van der Waals surface area contributed by atoms with Gasteiger partial charge < -0.3 is 5.32 Å². The Labute approximate surface area is 179 Å². The highest BCUT2D eigenvalue weighted by Crippen LogP contribution is 2.29. The van der Waals surface area contributed by atoms with Crippen molar-refractivity contribution in [3.63, 3.8) is 0 Å². The van der Waals surface area contributed by atoms with E-state index < -0.39 is 11.7 Å². The van der Waals surface area contributed by atoms with Crippen LogP contribution < -0.4 is 15.2 Å². The fourth-order valence-corrected chi connectivity index (χ4v) is 3.16. The predicted molar refractivity (Wildman–Crippen MR) is 113 cm³/mol. The van der Waals surface area contributed by atoms with Gasteiger partial charge in [0.25, 0.3) is 0 Å². The molecule has 0 atom stereocenters. The summed E-state index contributed by atoms with van der Waals surface area (Å²) in [4.78, 5) is 4.55. The van der Waals surface area contributed by atoms with E-state index in [4.69, 9.17) is 0 Å². The zero-order valence-corrected chi connectivity index (χ0v) is 17.4. The first-order valence-electron chi connectivity index (χ1n) is 10.1. The van der Waals surface area contributed by atoms with Gasteiger partial charge in [-0.2, -0.15) is 13.2 Å². The van der Waals surface area contributed by atoms with Crippen molar-refractivity contribution in [2.45, 2.75) is 38.9 Å². The molecule has 1 aromatic carbocycles. The zero-order valence-electron chi connectivity index (χ0n) is 17.4. The van der Waals surface area contributed by atoms with Gasteiger partial charge in [0.15, 0.2) is 0 Å². The lowest BCUT2D eigenvalue weighted by molar-refractivity contribution is -0.667. The Hall–Kier alpha value is -3.16. The molecule has 0 unspecified atom stereocenters. The fourth-order valence-electron chi connectivity index (χ4n) is 3.16. The lowest BCUT2D eigenvalue weighted by atomic mass is 10.2. The minimum Gasteiger partial charge on any atom is -0.352 e. The highest BCUT2D eigenvalue weighted by molar-refractivity contribution is 5.47. The first kappa shape index (κ1) is 22.5. The number of nitrogens with one attached hydrogen (secondary N) is 2. The third-order valence-electron chi connectivity index (χ3n) is 4.84. The van der Waals surface area contributed by atoms with Crippen LogP contribution in [0.15, 0.2) is 65.9 Å². The maximum Gasteiger partial charge on any atom is 0.416 e. The van der Waals surface area contributed by atoms with E-state index in [-0.39, 0.29) is 5.82 Å². The number of alkyl halides is 3. The Kier molecular flexibility index (Phi) is 7.09. The number of halogens is 4. The molecule has 2 aromatic rings. The second kappa shape index (κ2) is 9.76. The molecular formula is C23H25F4N4+. The summed E-state index contributed by atoms with van der Waals surface area (Å²) < 4.78 is 54.5. The second-order valence-corrected chi connectivity index (χ2v) is 7.27. The molecule has 31 heavy (non-hydrogen) atoms. The molecule has 3 rings (SSSR count). The van der Waals surface area contributed by atoms with Crippen molar-refractivity contribution in [3.05, 3.63) is 83.0 Å². The number of allylic oxidation sites excluding steroid dienone is 5. The summed E-state index contributed by atoms with van der Waals surface area (Å²) in [5, 5.41) is 6.26. The normalized spacial score (nSPS) is 14.0. The van der Waals surface area contributed by atoms with Crippen molar-refractivity contribution in [2.24, 2.45) is 7.05 Å². The van der Waals surface area contributed by atoms with Crippen molar-refractivity contribution in [1.29, 1.82) is 0 Å². The van der Waals surface area contributed by atoms with Crippen LogP contribution in [0.2, 0.25) is 0 Å². The molecule has 1 aromatic heterocycles. The van der Waals surface area contributed by atoms with Crippen LogP contribution in [0.1, 0.15) is 31.0 Å². The number of hydrogen-bond acceptors (Lipinski definition) is 3. The maximum absolute atomic E-state index is 13.2. The Morgan fingerprint density at radius 2 is 1.90 bits per heavy atom. The van der Waals surface area contributed by atoms with Gasteiger partial charge in [0.05, 0.1) is 24.0 Å². The number of anilines is 2. The molecule has 1 aliphatic carbocycles. The molecule has 0 bridgehead atoms. The average Bonchev–Trinajstić information content (AvgIpc) is 2.97. The summed E-state index contributed by atoms with van der Waals surface area (Å²) in [6.45, 7) is 2.49. The fraction of sp³-hybridized carbons (Fsp3) is 0.304. The van der Waals surface area contributed by atoms with Crippen LogP contribution in [-0.2, 0) is 20.0 Å². The monoisotopic (exact) mass is 433 g/mol. The molecule has 0 saturated carbocycles. The molecule has 0 amide bonds. The van der Waals surface area contributed by atoms with Crippen LogP contribution in [-0.4, -0.2) is 11.2 Å². The van der Waals surface area contributed by atoms with Crippen molar-refractivity contribution in [3.8, 4) is 0 Å². The number of aryl methyl sites for hydroxylation is 1. The molecule has 4 nitrogen and oxygen atoms in total. The first-order chi connectivity index (χ1) is 14.8. The van der Waals surface area contributed by atoms with Crippen LogP contribution in [0, 0.1) is 5.82 Å². The third-order valence-corrected chi connectivity index (χ3v) is 4.84. The number of nitrogens with zero attached hydrogens (tertiary/aromatic N) is 2. The van der Waals surface area contributed by atoms with Crippen molar-refractivity contribution < 1.29 is 22.1 Å². The van der Waals surface area contributed by atoms with Gasteiger partial charge in [0.2, 0.25) is 5.82 Å². The van der Waals surface area contributed by atoms with Gasteiger partial charge in [-0.1, -0.05) is 36.2 Å². The summed E-state index contributed by atoms with van der Waals surface area (Å²) in [5.41, 5.74) is 1.48. The van der Waals surface area contributed by atoms with E-state index in [0.717, 1.165) is 36.3 Å². The van der Waals surface area contributed by atoms with Gasteiger partial charge >= 0.3 is 12.1 Å². The van der Waals surface area contributed by atoms with Crippen molar-refractivity contribution in [1.82, 2.24) is 4.98 Å². The lowest BCUT2D eigenvalue weighted by Crippen LogP contribution is -2.38. The third kappa shape index (κ3) is 6.16. The van der Waals surface area contributed by atoms with Gasteiger partial charge in [0.1, 0.15) is 5.82 Å². The molecule has 0 radical (unpaired) electrons. The number of rotatable bonds is 7. The van der Waals surface area contributed by atoms with E-state index >= 15 is 0 Å². The van der Waals surface area contributed by atoms with E-state index in [1.165, 1.54) is 18.2 Å². The van der Waals surface area contributed by atoms with Crippen LogP contribution in [0.3, 0.4) is 0 Å². The highest BCUT2D eigenvalue weighted by atomic mass is 19.4. The Bertz CT molecular complexity index is 1010. The molecule has 0 fully saturated rings. The van der Waals surface area contributed by atoms with E-state index in [0.29, 0.717) is 30.4 Å². The maximum atomic E-state index is 13.2. The molecule has 1 aliphatic rings. The summed E-state index contributed by atoms with van der Waals surface area (Å²) in [6, 6.07) is 8.07. The number of aromatic nitrogens is 2. The van der Waals surface area contributed by atoms with E-state index in [1.807, 2.05) is 17.7 Å². The minimum atomic E-state index is -4.43. The first-order valence-corrected chi connectivity index (χ1v) is 10.1. The van der Waals surface area contributed by atoms with Gasteiger partial charge in [-0.3, -0.25) is 0 Å². The van der Waals surface area contributed by atoms with Gasteiger partial charge in [-0.15, -0.1) is 0 Å². The predicted octanol–water partition coefficient (Wildman–Crippen LogP) is 5.35. The highest BCUT2D eigenvalue weighted by Gasteiger charge is 2.32. The van der Waals surface area contributed by atoms with Crippen LogP contribution in [0.25, 0.3) is 0 Å². The number of hydrogen-bond donors (Lipinski definition) is 2. The van der Waals surface area contributed by atoms with Gasteiger partial charge in [-0.25, -0.2) is 14.3 Å². The van der Waals surface area contributed by atoms with E-state index in [1.54, 1.807) is 18.2 Å². The lowest BCUT2D eigenvalue weighted by Gasteiger charge is -2.12. The molecule has 1 heterocycles. The molecule has 8 heteroatoms. The summed E-state index contributed by atoms with van der Waals surface area (Å²) >= 11 is 0. The Balaban J connectivity index is 1.86. The van der Waals surface area contributed by atoms with Crippen LogP contribution in [0.4, 0.5) is 29.3 Å². The largest absolute Gasteiger partial charge is 0.416 e. The van der Waals surface area contributed by atoms with Gasteiger partial charge in [0, 0.05) is 19.0 Å².